The Morgan fingerprint density at radius 2 is 1.76 bits per heavy atom. The molecule has 7 heteroatoms. The SMILES string of the molecule is Cc1ccc(CNC(=O)C2CCN(c3ccc4nnc(-c5cccc(C)c5)n4n3)CC2)cc1. The van der Waals surface area contributed by atoms with Gasteiger partial charge in [0.25, 0.3) is 0 Å². The highest BCUT2D eigenvalue weighted by Crippen LogP contribution is 2.24. The molecule has 33 heavy (non-hydrogen) atoms. The number of amides is 1. The predicted molar refractivity (Wildman–Crippen MR) is 129 cm³/mol. The van der Waals surface area contributed by atoms with E-state index in [0.717, 1.165) is 54.3 Å². The van der Waals surface area contributed by atoms with Crippen LogP contribution in [-0.2, 0) is 11.3 Å². The Labute approximate surface area is 193 Å². The smallest absolute Gasteiger partial charge is 0.223 e. The van der Waals surface area contributed by atoms with Crippen LogP contribution in [-0.4, -0.2) is 38.8 Å². The van der Waals surface area contributed by atoms with Gasteiger partial charge in [-0.05, 0) is 50.5 Å². The summed E-state index contributed by atoms with van der Waals surface area (Å²) in [7, 11) is 0. The molecule has 5 rings (SSSR count). The summed E-state index contributed by atoms with van der Waals surface area (Å²) in [6, 6.07) is 20.4. The van der Waals surface area contributed by atoms with E-state index < -0.39 is 0 Å². The van der Waals surface area contributed by atoms with E-state index in [-0.39, 0.29) is 11.8 Å². The zero-order chi connectivity index (χ0) is 22.8. The summed E-state index contributed by atoms with van der Waals surface area (Å²) < 4.78 is 1.81. The van der Waals surface area contributed by atoms with E-state index in [2.05, 4.69) is 70.7 Å². The van der Waals surface area contributed by atoms with E-state index >= 15 is 0 Å². The van der Waals surface area contributed by atoms with Gasteiger partial charge in [-0.2, -0.15) is 4.52 Å². The third kappa shape index (κ3) is 4.58. The lowest BCUT2D eigenvalue weighted by atomic mass is 9.96. The second kappa shape index (κ2) is 9.02. The number of piperidine rings is 1. The highest BCUT2D eigenvalue weighted by atomic mass is 16.1. The summed E-state index contributed by atoms with van der Waals surface area (Å²) in [5.74, 6) is 1.79. The van der Waals surface area contributed by atoms with Gasteiger partial charge in [0.05, 0.1) is 0 Å². The summed E-state index contributed by atoms with van der Waals surface area (Å²) in [4.78, 5) is 14.9. The molecule has 1 aliphatic heterocycles. The van der Waals surface area contributed by atoms with Crippen molar-refractivity contribution in [2.75, 3.05) is 18.0 Å². The Kier molecular flexibility index (Phi) is 5.77. The van der Waals surface area contributed by atoms with Gasteiger partial charge in [-0.1, -0.05) is 53.6 Å². The second-order valence-electron chi connectivity index (χ2n) is 8.82. The van der Waals surface area contributed by atoms with E-state index in [4.69, 9.17) is 5.10 Å². The Bertz CT molecular complexity index is 1270. The Balaban J connectivity index is 1.24. The van der Waals surface area contributed by atoms with Gasteiger partial charge in [0.15, 0.2) is 11.5 Å². The third-order valence-electron chi connectivity index (χ3n) is 6.30. The van der Waals surface area contributed by atoms with Crippen molar-refractivity contribution in [3.8, 4) is 11.4 Å². The first-order valence-corrected chi connectivity index (χ1v) is 11.4. The summed E-state index contributed by atoms with van der Waals surface area (Å²) in [6.07, 6.45) is 1.62. The van der Waals surface area contributed by atoms with Crippen molar-refractivity contribution in [2.45, 2.75) is 33.2 Å². The van der Waals surface area contributed by atoms with Crippen LogP contribution in [0.2, 0.25) is 0 Å². The van der Waals surface area contributed by atoms with Crippen LogP contribution in [0.4, 0.5) is 5.82 Å². The summed E-state index contributed by atoms with van der Waals surface area (Å²) >= 11 is 0. The van der Waals surface area contributed by atoms with Crippen molar-refractivity contribution in [1.29, 1.82) is 0 Å². The van der Waals surface area contributed by atoms with E-state index in [0.29, 0.717) is 6.54 Å². The van der Waals surface area contributed by atoms with Crippen LogP contribution in [0, 0.1) is 19.8 Å². The molecule has 7 nitrogen and oxygen atoms in total. The Morgan fingerprint density at radius 3 is 2.52 bits per heavy atom. The maximum absolute atomic E-state index is 12.7. The normalized spacial score (nSPS) is 14.5. The zero-order valence-electron chi connectivity index (χ0n) is 19.0. The predicted octanol–water partition coefficient (Wildman–Crippen LogP) is 3.94. The molecule has 0 atom stereocenters. The molecule has 1 saturated heterocycles. The first-order valence-electron chi connectivity index (χ1n) is 11.4. The molecule has 1 amide bonds. The fourth-order valence-corrected chi connectivity index (χ4v) is 4.32. The monoisotopic (exact) mass is 440 g/mol. The van der Waals surface area contributed by atoms with Crippen molar-refractivity contribution in [1.82, 2.24) is 25.1 Å². The lowest BCUT2D eigenvalue weighted by Crippen LogP contribution is -2.40. The number of fused-ring (bicyclic) bond motifs is 1. The van der Waals surface area contributed by atoms with Crippen LogP contribution < -0.4 is 10.2 Å². The molecule has 168 valence electrons. The van der Waals surface area contributed by atoms with Gasteiger partial charge < -0.3 is 10.2 Å². The third-order valence-corrected chi connectivity index (χ3v) is 6.30. The molecule has 0 bridgehead atoms. The maximum Gasteiger partial charge on any atom is 0.223 e. The number of hydrogen-bond donors (Lipinski definition) is 1. The van der Waals surface area contributed by atoms with Gasteiger partial charge in [0, 0.05) is 31.1 Å². The molecule has 1 fully saturated rings. The van der Waals surface area contributed by atoms with Crippen LogP contribution in [0.15, 0.2) is 60.7 Å². The number of aromatic nitrogens is 4. The molecule has 0 radical (unpaired) electrons. The van der Waals surface area contributed by atoms with Gasteiger partial charge in [0.1, 0.15) is 5.82 Å². The van der Waals surface area contributed by atoms with Crippen LogP contribution in [0.3, 0.4) is 0 Å². The number of carbonyl (C=O) groups is 1. The molecule has 4 aromatic rings. The maximum atomic E-state index is 12.7. The largest absolute Gasteiger partial charge is 0.355 e. The first-order chi connectivity index (χ1) is 16.1. The number of anilines is 1. The molecular formula is C26H28N6O. The average molecular weight is 441 g/mol. The van der Waals surface area contributed by atoms with Crippen molar-refractivity contribution < 1.29 is 4.79 Å². The topological polar surface area (TPSA) is 75.4 Å². The van der Waals surface area contributed by atoms with Gasteiger partial charge in [-0.3, -0.25) is 4.79 Å². The second-order valence-corrected chi connectivity index (χ2v) is 8.82. The molecule has 1 N–H and O–H groups in total. The van der Waals surface area contributed by atoms with Crippen molar-refractivity contribution in [3.05, 3.63) is 77.4 Å². The highest BCUT2D eigenvalue weighted by molar-refractivity contribution is 5.79. The number of aryl methyl sites for hydroxylation is 2. The average Bonchev–Trinajstić information content (AvgIpc) is 3.27. The summed E-state index contributed by atoms with van der Waals surface area (Å²) in [5.41, 5.74) is 5.24. The van der Waals surface area contributed by atoms with Gasteiger partial charge in [-0.25, -0.2) is 0 Å². The number of benzene rings is 2. The molecule has 0 spiro atoms. The quantitative estimate of drug-likeness (QED) is 0.509. The lowest BCUT2D eigenvalue weighted by Gasteiger charge is -2.32. The molecule has 0 unspecified atom stereocenters. The molecule has 0 saturated carbocycles. The number of hydrogen-bond acceptors (Lipinski definition) is 5. The van der Waals surface area contributed by atoms with Crippen molar-refractivity contribution in [3.63, 3.8) is 0 Å². The number of nitrogens with zero attached hydrogens (tertiary/aromatic N) is 5. The molecule has 3 heterocycles. The van der Waals surface area contributed by atoms with Crippen molar-refractivity contribution >= 4 is 17.4 Å². The minimum atomic E-state index is 0.0354. The molecule has 2 aromatic heterocycles. The van der Waals surface area contributed by atoms with E-state index in [1.54, 1.807) is 0 Å². The molecule has 1 aliphatic rings. The van der Waals surface area contributed by atoms with Gasteiger partial charge in [-0.15, -0.1) is 15.3 Å². The summed E-state index contributed by atoms with van der Waals surface area (Å²) in [6.45, 7) is 6.29. The lowest BCUT2D eigenvalue weighted by molar-refractivity contribution is -0.125. The van der Waals surface area contributed by atoms with Crippen LogP contribution in [0.1, 0.15) is 29.5 Å². The summed E-state index contributed by atoms with van der Waals surface area (Å²) in [5, 5.41) is 16.6. The molecule has 2 aromatic carbocycles. The molecular weight excluding hydrogens is 412 g/mol. The number of nitrogens with one attached hydrogen (secondary N) is 1. The van der Waals surface area contributed by atoms with Gasteiger partial charge in [0.2, 0.25) is 5.91 Å². The van der Waals surface area contributed by atoms with E-state index in [1.807, 2.05) is 28.8 Å². The Hall–Kier alpha value is -3.74. The van der Waals surface area contributed by atoms with Crippen molar-refractivity contribution in [2.24, 2.45) is 5.92 Å². The van der Waals surface area contributed by atoms with Gasteiger partial charge >= 0.3 is 0 Å². The molecule has 0 aliphatic carbocycles. The fourth-order valence-electron chi connectivity index (χ4n) is 4.32. The standard InChI is InChI=1S/C26H28N6O/c1-18-6-8-20(9-7-18)17-27-26(33)21-12-14-31(15-13-21)24-11-10-23-28-29-25(32(23)30-24)22-5-3-4-19(2)16-22/h3-11,16,21H,12-15,17H2,1-2H3,(H,27,33). The number of rotatable bonds is 5. The zero-order valence-corrected chi connectivity index (χ0v) is 19.0. The fraction of sp³-hybridized carbons (Fsp3) is 0.308. The highest BCUT2D eigenvalue weighted by Gasteiger charge is 2.26. The van der Waals surface area contributed by atoms with Crippen LogP contribution in [0.25, 0.3) is 17.0 Å². The van der Waals surface area contributed by atoms with E-state index in [9.17, 15) is 4.79 Å². The first kappa shape index (κ1) is 21.1. The Morgan fingerprint density at radius 1 is 0.970 bits per heavy atom. The van der Waals surface area contributed by atoms with E-state index in [1.165, 1.54) is 11.1 Å². The van der Waals surface area contributed by atoms with Crippen LogP contribution in [0.5, 0.6) is 0 Å². The minimum absolute atomic E-state index is 0.0354. The van der Waals surface area contributed by atoms with Crippen LogP contribution >= 0.6 is 0 Å². The minimum Gasteiger partial charge on any atom is -0.355 e. The number of carbonyl (C=O) groups excluding carboxylic acids is 1.